The number of piperazine rings is 1. The summed E-state index contributed by atoms with van der Waals surface area (Å²) in [5, 5.41) is 11.1. The first-order valence-electron chi connectivity index (χ1n) is 16.7. The van der Waals surface area contributed by atoms with E-state index < -0.39 is 23.5 Å². The lowest BCUT2D eigenvalue weighted by Crippen LogP contribution is -2.49. The number of aliphatic carboxylic acids is 1. The van der Waals surface area contributed by atoms with Crippen molar-refractivity contribution >= 4 is 22.9 Å². The predicted molar refractivity (Wildman–Crippen MR) is 183 cm³/mol. The van der Waals surface area contributed by atoms with Crippen molar-refractivity contribution in [2.45, 2.75) is 72.1 Å². The third-order valence-corrected chi connectivity index (χ3v) is 9.72. The Morgan fingerprint density at radius 3 is 2.40 bits per heavy atom. The normalized spacial score (nSPS) is 16.8. The van der Waals surface area contributed by atoms with E-state index in [-0.39, 0.29) is 17.7 Å². The van der Waals surface area contributed by atoms with Gasteiger partial charge in [-0.15, -0.1) is 0 Å². The number of ether oxygens (including phenoxy) is 2. The van der Waals surface area contributed by atoms with Crippen LogP contribution in [0.15, 0.2) is 42.5 Å². The van der Waals surface area contributed by atoms with Crippen LogP contribution in [0.4, 0.5) is 4.39 Å². The second kappa shape index (κ2) is 13.0. The second-order valence-corrected chi connectivity index (χ2v) is 14.0. The van der Waals surface area contributed by atoms with Crippen molar-refractivity contribution < 1.29 is 28.6 Å². The van der Waals surface area contributed by atoms with E-state index in [9.17, 15) is 14.7 Å². The molecule has 1 fully saturated rings. The zero-order chi connectivity index (χ0) is 34.5. The molecule has 0 spiro atoms. The monoisotopic (exact) mass is 656 g/mol. The molecule has 4 aromatic rings. The fraction of sp³-hybridized carbons (Fsp3) is 0.447. The zero-order valence-electron chi connectivity index (χ0n) is 28.9. The summed E-state index contributed by atoms with van der Waals surface area (Å²) in [5.41, 5.74) is 4.79. The van der Waals surface area contributed by atoms with E-state index in [1.807, 2.05) is 30.0 Å². The maximum atomic E-state index is 15.8. The Kier molecular flexibility index (Phi) is 9.08. The topological polar surface area (TPSA) is 97.1 Å². The average molecular weight is 657 g/mol. The molecular weight excluding hydrogens is 611 g/mol. The molecule has 1 amide bonds. The quantitative estimate of drug-likeness (QED) is 0.234. The Balaban J connectivity index is 1.46. The van der Waals surface area contributed by atoms with Gasteiger partial charge >= 0.3 is 5.97 Å². The number of halogens is 1. The van der Waals surface area contributed by atoms with Crippen LogP contribution in [0.3, 0.4) is 0 Å². The van der Waals surface area contributed by atoms with Gasteiger partial charge in [0.15, 0.2) is 17.7 Å². The molecule has 0 aliphatic carbocycles. The first-order valence-corrected chi connectivity index (χ1v) is 16.7. The van der Waals surface area contributed by atoms with Gasteiger partial charge in [-0.3, -0.25) is 9.69 Å². The second-order valence-electron chi connectivity index (χ2n) is 14.0. The summed E-state index contributed by atoms with van der Waals surface area (Å²) in [5.74, 6) is -1.56. The van der Waals surface area contributed by atoms with Crippen LogP contribution in [0.25, 0.3) is 22.2 Å². The van der Waals surface area contributed by atoms with Crippen molar-refractivity contribution in [3.8, 4) is 16.9 Å². The van der Waals surface area contributed by atoms with Gasteiger partial charge in [0.25, 0.3) is 5.91 Å². The third kappa shape index (κ3) is 6.19. The summed E-state index contributed by atoms with van der Waals surface area (Å²) in [6.07, 6.45) is 0.00858. The van der Waals surface area contributed by atoms with Crippen molar-refractivity contribution in [3.63, 3.8) is 0 Å². The highest BCUT2D eigenvalue weighted by Gasteiger charge is 2.35. The Bertz CT molecular complexity index is 1870. The van der Waals surface area contributed by atoms with Crippen molar-refractivity contribution in [3.05, 3.63) is 81.9 Å². The van der Waals surface area contributed by atoms with Crippen LogP contribution in [0.5, 0.6) is 5.75 Å². The van der Waals surface area contributed by atoms with Gasteiger partial charge in [-0.25, -0.2) is 14.2 Å². The number of rotatable bonds is 7. The van der Waals surface area contributed by atoms with Crippen LogP contribution in [-0.2, 0) is 23.0 Å². The molecule has 1 N–H and O–H groups in total. The largest absolute Gasteiger partial charge is 0.490 e. The van der Waals surface area contributed by atoms with E-state index in [2.05, 4.69) is 24.0 Å². The Morgan fingerprint density at radius 1 is 1.06 bits per heavy atom. The van der Waals surface area contributed by atoms with Crippen LogP contribution in [0.2, 0.25) is 0 Å². The van der Waals surface area contributed by atoms with E-state index in [4.69, 9.17) is 14.5 Å². The van der Waals surface area contributed by atoms with Crippen LogP contribution >= 0.6 is 0 Å². The molecule has 9 nitrogen and oxygen atoms in total. The minimum atomic E-state index is -1.38. The van der Waals surface area contributed by atoms with Crippen LogP contribution in [-0.4, -0.2) is 74.7 Å². The van der Waals surface area contributed by atoms with Crippen LogP contribution < -0.4 is 4.74 Å². The minimum absolute atomic E-state index is 0.130. The zero-order valence-corrected chi connectivity index (χ0v) is 28.9. The summed E-state index contributed by atoms with van der Waals surface area (Å²) in [6.45, 7) is 14.3. The molecule has 2 aliphatic rings. The molecule has 6 rings (SSSR count). The van der Waals surface area contributed by atoms with Crippen LogP contribution in [0, 0.1) is 19.7 Å². The summed E-state index contributed by atoms with van der Waals surface area (Å²) in [7, 11) is 1.80. The van der Waals surface area contributed by atoms with E-state index in [1.165, 1.54) is 11.6 Å². The Morgan fingerprint density at radius 2 is 1.75 bits per heavy atom. The van der Waals surface area contributed by atoms with Crippen molar-refractivity contribution in [1.29, 1.82) is 0 Å². The lowest BCUT2D eigenvalue weighted by Gasteiger charge is -2.38. The van der Waals surface area contributed by atoms with Gasteiger partial charge < -0.3 is 24.0 Å². The number of benzene rings is 2. The molecule has 1 unspecified atom stereocenters. The number of carbonyl (C=O) groups is 2. The van der Waals surface area contributed by atoms with Gasteiger partial charge in [-0.05, 0) is 83.2 Å². The number of aromatic nitrogens is 2. The first kappa shape index (κ1) is 33.6. The molecule has 254 valence electrons. The van der Waals surface area contributed by atoms with E-state index in [0.717, 1.165) is 30.6 Å². The molecule has 2 aromatic heterocycles. The Hall–Kier alpha value is -4.28. The Labute approximate surface area is 281 Å². The fourth-order valence-corrected chi connectivity index (χ4v) is 7.19. The predicted octanol–water partition coefficient (Wildman–Crippen LogP) is 6.78. The number of nitrogens with zero attached hydrogens (tertiary/aromatic N) is 4. The number of aryl methyl sites for hydroxylation is 2. The van der Waals surface area contributed by atoms with Gasteiger partial charge in [0, 0.05) is 67.0 Å². The number of hydrogen-bond donors (Lipinski definition) is 1. The summed E-state index contributed by atoms with van der Waals surface area (Å²) in [4.78, 5) is 36.1. The molecule has 0 bridgehead atoms. The van der Waals surface area contributed by atoms with Gasteiger partial charge in [-0.2, -0.15) is 0 Å². The number of hydrogen-bond acceptors (Lipinski definition) is 6. The summed E-state index contributed by atoms with van der Waals surface area (Å²) >= 11 is 0. The van der Waals surface area contributed by atoms with E-state index in [1.54, 1.807) is 45.4 Å². The lowest BCUT2D eigenvalue weighted by atomic mass is 9.86. The minimum Gasteiger partial charge on any atom is -0.490 e. The molecular formula is C38H45FN4O5. The molecule has 48 heavy (non-hydrogen) atoms. The number of carboxylic acid groups (broad SMARTS) is 1. The first-order chi connectivity index (χ1) is 22.8. The SMILES string of the molecule is Cc1nc2c(cc(C(=O)N3CCN(C(C)c4ccccc4)CC3)n2C)c(-c2cc(F)c3c(c2C)CCCO3)c1[C@H](OC(C)(C)C)C(=O)O. The van der Waals surface area contributed by atoms with Gasteiger partial charge in [0.1, 0.15) is 11.3 Å². The van der Waals surface area contributed by atoms with Gasteiger partial charge in [0.2, 0.25) is 0 Å². The molecule has 10 heteroatoms. The standard InChI is InChI=1S/C38H45FN4O5/c1-22-26-14-11-19-47-33(26)29(39)20-27(22)32-28-21-30(36(44)43-17-15-42(16-18-43)24(3)25-12-9-8-10-13-25)41(7)35(28)40-23(2)31(32)34(37(45)46)48-38(4,5)6/h8-10,12-13,20-21,24,34H,11,14-19H2,1-7H3,(H,45,46)/t24?,34-/m0/s1. The summed E-state index contributed by atoms with van der Waals surface area (Å²) < 4.78 is 29.4. The third-order valence-electron chi connectivity index (χ3n) is 9.72. The highest BCUT2D eigenvalue weighted by atomic mass is 19.1. The fourth-order valence-electron chi connectivity index (χ4n) is 7.19. The smallest absolute Gasteiger partial charge is 0.337 e. The molecule has 1 saturated heterocycles. The molecule has 4 heterocycles. The maximum Gasteiger partial charge on any atom is 0.337 e. The van der Waals surface area contributed by atoms with Crippen molar-refractivity contribution in [1.82, 2.24) is 19.4 Å². The van der Waals surface area contributed by atoms with E-state index in [0.29, 0.717) is 65.2 Å². The number of pyridine rings is 1. The van der Waals surface area contributed by atoms with E-state index >= 15 is 4.39 Å². The van der Waals surface area contributed by atoms with Gasteiger partial charge in [0.05, 0.1) is 12.2 Å². The molecule has 2 aliphatic heterocycles. The number of fused-ring (bicyclic) bond motifs is 2. The lowest BCUT2D eigenvalue weighted by molar-refractivity contribution is -0.160. The molecule has 2 aromatic carbocycles. The van der Waals surface area contributed by atoms with Crippen LogP contribution in [0.1, 0.15) is 84.7 Å². The molecule has 2 atom stereocenters. The molecule has 0 radical (unpaired) electrons. The van der Waals surface area contributed by atoms with Gasteiger partial charge in [-0.1, -0.05) is 30.3 Å². The highest BCUT2D eigenvalue weighted by Crippen LogP contribution is 2.45. The van der Waals surface area contributed by atoms with Crippen molar-refractivity contribution in [2.75, 3.05) is 32.8 Å². The number of carboxylic acids is 1. The number of carbonyl (C=O) groups excluding carboxylic acids is 1. The maximum absolute atomic E-state index is 15.8. The molecule has 0 saturated carbocycles. The number of amides is 1. The summed E-state index contributed by atoms with van der Waals surface area (Å²) in [6, 6.07) is 13.8. The average Bonchev–Trinajstić information content (AvgIpc) is 3.39. The highest BCUT2D eigenvalue weighted by molar-refractivity contribution is 6.04. The van der Waals surface area contributed by atoms with Crippen molar-refractivity contribution in [2.24, 2.45) is 7.05 Å².